The number of halogens is 1. The Morgan fingerprint density at radius 2 is 1.88 bits per heavy atom. The van der Waals surface area contributed by atoms with Gasteiger partial charge in [0.25, 0.3) is 0 Å². The third-order valence-corrected chi connectivity index (χ3v) is 6.80. The number of aromatic nitrogens is 4. The van der Waals surface area contributed by atoms with E-state index in [2.05, 4.69) is 10.4 Å². The Hall–Kier alpha value is -2.79. The van der Waals surface area contributed by atoms with Gasteiger partial charge in [0.1, 0.15) is 5.76 Å². The molecule has 10 nitrogen and oxygen atoms in total. The van der Waals surface area contributed by atoms with Crippen molar-refractivity contribution in [3.05, 3.63) is 50.6 Å². The highest BCUT2D eigenvalue weighted by Crippen LogP contribution is 2.30. The maximum atomic E-state index is 12.7. The normalized spacial score (nSPS) is 14.3. The van der Waals surface area contributed by atoms with Gasteiger partial charge in [0, 0.05) is 37.3 Å². The molecule has 0 amide bonds. The molecule has 12 heteroatoms. The molecule has 0 atom stereocenters. The monoisotopic (exact) mass is 496 g/mol. The van der Waals surface area contributed by atoms with Gasteiger partial charge in [0.15, 0.2) is 15.6 Å². The van der Waals surface area contributed by atoms with Gasteiger partial charge in [0.2, 0.25) is 0 Å². The first-order valence-electron chi connectivity index (χ1n) is 10.6. The lowest BCUT2D eigenvalue weighted by molar-refractivity contribution is -0.115. The number of allylic oxidation sites excluding steroid dienone is 2. The number of carbonyl (C=O) groups is 2. The number of ketones is 1. The van der Waals surface area contributed by atoms with E-state index < -0.39 is 21.5 Å². The zero-order valence-electron chi connectivity index (χ0n) is 18.4. The largest absolute Gasteiger partial charge is 0.427 e. The average Bonchev–Trinajstić information content (AvgIpc) is 3.08. The maximum absolute atomic E-state index is 12.7. The zero-order chi connectivity index (χ0) is 24.2. The first-order valence-corrected chi connectivity index (χ1v) is 12.9. The number of aryl methyl sites for hydroxylation is 1. The lowest BCUT2D eigenvalue weighted by Gasteiger charge is -2.15. The smallest absolute Gasteiger partial charge is 0.363 e. The van der Waals surface area contributed by atoms with Crippen LogP contribution in [0.5, 0.6) is 0 Å². The van der Waals surface area contributed by atoms with E-state index in [4.69, 9.17) is 16.3 Å². The number of carbonyl (C=O) groups excluding carboxylic acids is 2. The first-order chi connectivity index (χ1) is 15.6. The van der Waals surface area contributed by atoms with Crippen molar-refractivity contribution in [3.8, 4) is 0 Å². The van der Waals surface area contributed by atoms with Crippen molar-refractivity contribution in [2.24, 2.45) is 0 Å². The summed E-state index contributed by atoms with van der Waals surface area (Å²) in [4.78, 5) is 36.8. The number of hydrogen-bond donors (Lipinski definition) is 0. The standard InChI is InChI=1S/C21H25ClN4O6S/c1-3-4-5-11-25-21(29)26(24-23-25)13-17-18(33(2,30)31)10-9-16(19(17)22)20(28)32-15-8-6-7-14(27)12-15/h9-10,12H,3-8,11,13H2,1-2H3. The van der Waals surface area contributed by atoms with Gasteiger partial charge in [-0.05, 0) is 35.4 Å². The maximum Gasteiger partial charge on any atom is 0.363 e. The van der Waals surface area contributed by atoms with Crippen LogP contribution in [0.25, 0.3) is 0 Å². The van der Waals surface area contributed by atoms with E-state index in [1.54, 1.807) is 0 Å². The molecule has 0 bridgehead atoms. The predicted octanol–water partition coefficient (Wildman–Crippen LogP) is 2.53. The lowest BCUT2D eigenvalue weighted by Crippen LogP contribution is -2.26. The average molecular weight is 497 g/mol. The highest BCUT2D eigenvalue weighted by Gasteiger charge is 2.25. The van der Waals surface area contributed by atoms with E-state index in [0.717, 1.165) is 30.2 Å². The van der Waals surface area contributed by atoms with E-state index in [1.165, 1.54) is 22.9 Å². The molecule has 0 unspecified atom stereocenters. The molecule has 2 aromatic rings. The van der Waals surface area contributed by atoms with E-state index >= 15 is 0 Å². The second-order valence-electron chi connectivity index (χ2n) is 7.85. The third kappa shape index (κ3) is 5.97. The van der Waals surface area contributed by atoms with Crippen LogP contribution in [0.4, 0.5) is 0 Å². The molecule has 1 aromatic heterocycles. The number of nitrogens with zero attached hydrogens (tertiary/aromatic N) is 4. The van der Waals surface area contributed by atoms with Crippen molar-refractivity contribution >= 4 is 33.2 Å². The molecular weight excluding hydrogens is 472 g/mol. The third-order valence-electron chi connectivity index (χ3n) is 5.19. The summed E-state index contributed by atoms with van der Waals surface area (Å²) in [7, 11) is -3.74. The number of unbranched alkanes of at least 4 members (excludes halogenated alkanes) is 2. The summed E-state index contributed by atoms with van der Waals surface area (Å²) < 4.78 is 32.2. The van der Waals surface area contributed by atoms with Crippen molar-refractivity contribution in [1.29, 1.82) is 0 Å². The second kappa shape index (κ2) is 10.4. The quantitative estimate of drug-likeness (QED) is 0.382. The molecule has 0 N–H and O–H groups in total. The Morgan fingerprint density at radius 1 is 1.15 bits per heavy atom. The Bertz CT molecular complexity index is 1260. The van der Waals surface area contributed by atoms with Crippen molar-refractivity contribution in [1.82, 2.24) is 19.8 Å². The summed E-state index contributed by atoms with van der Waals surface area (Å²) >= 11 is 6.45. The highest BCUT2D eigenvalue weighted by atomic mass is 35.5. The van der Waals surface area contributed by atoms with Crippen LogP contribution in [0.15, 0.2) is 33.7 Å². The van der Waals surface area contributed by atoms with Crippen LogP contribution in [-0.2, 0) is 32.5 Å². The van der Waals surface area contributed by atoms with Crippen molar-refractivity contribution in [3.63, 3.8) is 0 Å². The Kier molecular flexibility index (Phi) is 7.85. The van der Waals surface area contributed by atoms with E-state index in [0.29, 0.717) is 25.8 Å². The number of esters is 1. The highest BCUT2D eigenvalue weighted by molar-refractivity contribution is 7.90. The molecule has 0 saturated carbocycles. The zero-order valence-corrected chi connectivity index (χ0v) is 20.0. The SMILES string of the molecule is CCCCCn1nnn(Cc2c(S(C)(=O)=O)ccc(C(=O)OC3=CC(=O)CCC3)c2Cl)c1=O. The summed E-state index contributed by atoms with van der Waals surface area (Å²) in [6, 6.07) is 2.49. The molecule has 0 spiro atoms. The topological polar surface area (TPSA) is 130 Å². The van der Waals surface area contributed by atoms with Crippen molar-refractivity contribution in [2.75, 3.05) is 6.26 Å². The summed E-state index contributed by atoms with van der Waals surface area (Å²) in [6.45, 7) is 2.13. The molecule has 0 radical (unpaired) electrons. The van der Waals surface area contributed by atoms with Crippen molar-refractivity contribution in [2.45, 2.75) is 63.4 Å². The van der Waals surface area contributed by atoms with E-state index in [1.807, 2.05) is 6.92 Å². The molecule has 0 saturated heterocycles. The van der Waals surface area contributed by atoms with Crippen LogP contribution in [0, 0.1) is 0 Å². The molecule has 1 aliphatic carbocycles. The molecule has 0 aliphatic heterocycles. The fourth-order valence-electron chi connectivity index (χ4n) is 3.48. The van der Waals surface area contributed by atoms with Gasteiger partial charge in [-0.2, -0.15) is 9.36 Å². The van der Waals surface area contributed by atoms with Gasteiger partial charge >= 0.3 is 11.7 Å². The van der Waals surface area contributed by atoms with Crippen LogP contribution in [-0.4, -0.2) is 46.2 Å². The van der Waals surface area contributed by atoms with Crippen LogP contribution in [0.1, 0.15) is 61.4 Å². The minimum atomic E-state index is -3.74. The summed E-state index contributed by atoms with van der Waals surface area (Å²) in [6.07, 6.45) is 6.33. The molecule has 1 aliphatic rings. The van der Waals surface area contributed by atoms with Crippen LogP contribution in [0.3, 0.4) is 0 Å². The van der Waals surface area contributed by atoms with Gasteiger partial charge in [-0.15, -0.1) is 0 Å². The van der Waals surface area contributed by atoms with Gasteiger partial charge in [-0.25, -0.2) is 18.0 Å². The van der Waals surface area contributed by atoms with Gasteiger partial charge in [-0.1, -0.05) is 31.4 Å². The molecule has 0 fully saturated rings. The van der Waals surface area contributed by atoms with Gasteiger partial charge in [0.05, 0.1) is 22.0 Å². The van der Waals surface area contributed by atoms with Gasteiger partial charge < -0.3 is 4.74 Å². The summed E-state index contributed by atoms with van der Waals surface area (Å²) in [5.41, 5.74) is -0.563. The number of rotatable bonds is 9. The number of benzene rings is 1. The van der Waals surface area contributed by atoms with E-state index in [9.17, 15) is 22.8 Å². The molecule has 3 rings (SSSR count). The fraction of sp³-hybridized carbons (Fsp3) is 0.476. The minimum absolute atomic E-state index is 0.0324. The second-order valence-corrected chi connectivity index (χ2v) is 10.2. The number of sulfone groups is 1. The van der Waals surface area contributed by atoms with Crippen molar-refractivity contribution < 1.29 is 22.7 Å². The van der Waals surface area contributed by atoms with E-state index in [-0.39, 0.29) is 39.1 Å². The Labute approximate surface area is 196 Å². The van der Waals surface area contributed by atoms with Crippen LogP contribution >= 0.6 is 11.6 Å². The van der Waals surface area contributed by atoms with Crippen LogP contribution < -0.4 is 5.69 Å². The molecule has 33 heavy (non-hydrogen) atoms. The number of ether oxygens (including phenoxy) is 1. The summed E-state index contributed by atoms with van der Waals surface area (Å²) in [5, 5.41) is 7.50. The number of hydrogen-bond acceptors (Lipinski definition) is 8. The molecular formula is C21H25ClN4O6S. The Morgan fingerprint density at radius 3 is 2.55 bits per heavy atom. The lowest BCUT2D eigenvalue weighted by atomic mass is 10.1. The molecule has 1 aromatic carbocycles. The summed E-state index contributed by atoms with van der Waals surface area (Å²) in [5.74, 6) is -0.727. The Balaban J connectivity index is 1.95. The first kappa shape index (κ1) is 24.8. The molecule has 1 heterocycles. The van der Waals surface area contributed by atoms with Crippen LogP contribution in [0.2, 0.25) is 5.02 Å². The fourth-order valence-corrected chi connectivity index (χ4v) is 4.77. The predicted molar refractivity (Wildman–Crippen MR) is 120 cm³/mol. The minimum Gasteiger partial charge on any atom is -0.427 e. The number of tetrazole rings is 1. The molecule has 178 valence electrons. The van der Waals surface area contributed by atoms with Gasteiger partial charge in [-0.3, -0.25) is 4.79 Å².